The number of aromatic amines is 1. The smallest absolute Gasteiger partial charge is 0.338 e. The molecule has 0 aliphatic carbocycles. The number of H-pyrrole nitrogens is 1. The molecular formula is C19H17FN2O5. The van der Waals surface area contributed by atoms with Crippen LogP contribution in [0.1, 0.15) is 22.3 Å². The fraction of sp³-hybridized carbons (Fsp3) is 0.211. The van der Waals surface area contributed by atoms with Gasteiger partial charge in [0.05, 0.1) is 24.2 Å². The molecule has 0 saturated carbocycles. The van der Waals surface area contributed by atoms with Crippen LogP contribution in [0.4, 0.5) is 10.1 Å². The largest absolute Gasteiger partial charge is 0.490 e. The lowest BCUT2D eigenvalue weighted by molar-refractivity contribution is -0.385. The van der Waals surface area contributed by atoms with Gasteiger partial charge in [0.1, 0.15) is 5.82 Å². The van der Waals surface area contributed by atoms with Crippen LogP contribution < -0.4 is 4.74 Å². The zero-order chi connectivity index (χ0) is 19.4. The topological polar surface area (TPSA) is 94.5 Å². The highest BCUT2D eigenvalue weighted by molar-refractivity contribution is 5.90. The number of nitrogens with zero attached hydrogens (tertiary/aromatic N) is 1. The van der Waals surface area contributed by atoms with Crippen molar-refractivity contribution >= 4 is 22.6 Å². The van der Waals surface area contributed by atoms with E-state index in [0.29, 0.717) is 12.8 Å². The standard InChI is InChI=1S/C19H17FN2O5/c1-26-18-9-12(4-7-17(18)22(24)25)19(23)27-8-2-3-13-11-21-16-6-5-14(20)10-15(13)16/h4-7,9-11,21H,2-3,8H2,1H3. The third-order valence-corrected chi connectivity index (χ3v) is 4.17. The lowest BCUT2D eigenvalue weighted by atomic mass is 10.1. The average Bonchev–Trinajstić information content (AvgIpc) is 3.06. The molecule has 1 heterocycles. The van der Waals surface area contributed by atoms with E-state index in [2.05, 4.69) is 4.98 Å². The Morgan fingerprint density at radius 3 is 2.81 bits per heavy atom. The van der Waals surface area contributed by atoms with E-state index in [1.54, 1.807) is 6.07 Å². The monoisotopic (exact) mass is 372 g/mol. The summed E-state index contributed by atoms with van der Waals surface area (Å²) in [7, 11) is 1.29. The van der Waals surface area contributed by atoms with Gasteiger partial charge in [0.15, 0.2) is 5.75 Å². The Morgan fingerprint density at radius 2 is 2.07 bits per heavy atom. The molecule has 0 bridgehead atoms. The van der Waals surface area contributed by atoms with Gasteiger partial charge >= 0.3 is 11.7 Å². The zero-order valence-electron chi connectivity index (χ0n) is 14.5. The second-order valence-electron chi connectivity index (χ2n) is 5.89. The van der Waals surface area contributed by atoms with Crippen LogP contribution in [-0.4, -0.2) is 29.6 Å². The highest BCUT2D eigenvalue weighted by atomic mass is 19.1. The summed E-state index contributed by atoms with van der Waals surface area (Å²) in [5, 5.41) is 11.7. The minimum absolute atomic E-state index is 0.00438. The number of halogens is 1. The molecular weight excluding hydrogens is 355 g/mol. The van der Waals surface area contributed by atoms with Gasteiger partial charge in [-0.05, 0) is 42.7 Å². The number of nitro benzene ring substituents is 1. The van der Waals surface area contributed by atoms with Crippen LogP contribution in [0.2, 0.25) is 0 Å². The molecule has 1 N–H and O–H groups in total. The molecule has 3 aromatic rings. The molecule has 7 nitrogen and oxygen atoms in total. The summed E-state index contributed by atoms with van der Waals surface area (Å²) in [6.45, 7) is 0.167. The zero-order valence-corrected chi connectivity index (χ0v) is 14.5. The SMILES string of the molecule is COc1cc(C(=O)OCCCc2c[nH]c3ccc(F)cc23)ccc1[N+](=O)[O-]. The first kappa shape index (κ1) is 18.4. The first-order valence-corrected chi connectivity index (χ1v) is 8.24. The Labute approximate surface area is 153 Å². The van der Waals surface area contributed by atoms with Gasteiger partial charge < -0.3 is 14.5 Å². The van der Waals surface area contributed by atoms with E-state index in [1.165, 1.54) is 37.4 Å². The van der Waals surface area contributed by atoms with Crippen molar-refractivity contribution in [3.05, 3.63) is 69.7 Å². The van der Waals surface area contributed by atoms with E-state index in [-0.39, 0.29) is 29.4 Å². The maximum atomic E-state index is 13.4. The van der Waals surface area contributed by atoms with E-state index in [1.807, 2.05) is 6.20 Å². The summed E-state index contributed by atoms with van der Waals surface area (Å²) in [4.78, 5) is 25.5. The molecule has 0 radical (unpaired) electrons. The molecule has 0 atom stereocenters. The second kappa shape index (κ2) is 7.86. The quantitative estimate of drug-likeness (QED) is 0.293. The lowest BCUT2D eigenvalue weighted by Crippen LogP contribution is -2.08. The molecule has 8 heteroatoms. The predicted octanol–water partition coefficient (Wildman–Crippen LogP) is 4.01. The van der Waals surface area contributed by atoms with Gasteiger partial charge in [-0.1, -0.05) is 0 Å². The van der Waals surface area contributed by atoms with Crippen LogP contribution >= 0.6 is 0 Å². The number of esters is 1. The molecule has 0 amide bonds. The van der Waals surface area contributed by atoms with Crippen LogP contribution in [0.5, 0.6) is 5.75 Å². The van der Waals surface area contributed by atoms with Gasteiger partial charge in [-0.3, -0.25) is 10.1 Å². The maximum Gasteiger partial charge on any atom is 0.338 e. The molecule has 140 valence electrons. The highest BCUT2D eigenvalue weighted by Crippen LogP contribution is 2.28. The molecule has 2 aromatic carbocycles. The van der Waals surface area contributed by atoms with Crippen molar-refractivity contribution in [2.45, 2.75) is 12.8 Å². The van der Waals surface area contributed by atoms with E-state index < -0.39 is 10.9 Å². The number of hydrogen-bond donors (Lipinski definition) is 1. The summed E-state index contributed by atoms with van der Waals surface area (Å²) in [6.07, 6.45) is 2.98. The third-order valence-electron chi connectivity index (χ3n) is 4.17. The Balaban J connectivity index is 1.58. The summed E-state index contributed by atoms with van der Waals surface area (Å²) in [5.74, 6) is -0.898. The number of carbonyl (C=O) groups is 1. The first-order valence-electron chi connectivity index (χ1n) is 8.24. The number of rotatable bonds is 7. The maximum absolute atomic E-state index is 13.4. The number of aryl methyl sites for hydroxylation is 1. The van der Waals surface area contributed by atoms with E-state index >= 15 is 0 Å². The molecule has 3 rings (SSSR count). The Hall–Kier alpha value is -3.42. The lowest BCUT2D eigenvalue weighted by Gasteiger charge is -2.07. The van der Waals surface area contributed by atoms with Gasteiger partial charge in [-0.25, -0.2) is 9.18 Å². The third kappa shape index (κ3) is 4.05. The molecule has 0 aliphatic heterocycles. The molecule has 27 heavy (non-hydrogen) atoms. The van der Waals surface area contributed by atoms with Crippen molar-refractivity contribution in [3.63, 3.8) is 0 Å². The molecule has 0 saturated heterocycles. The number of ether oxygens (including phenoxy) is 2. The molecule has 0 fully saturated rings. The number of aromatic nitrogens is 1. The van der Waals surface area contributed by atoms with Gasteiger partial charge in [0, 0.05) is 29.2 Å². The van der Waals surface area contributed by atoms with Gasteiger partial charge in [0.25, 0.3) is 0 Å². The number of nitrogens with one attached hydrogen (secondary N) is 1. The van der Waals surface area contributed by atoms with Crippen LogP contribution in [0, 0.1) is 15.9 Å². The minimum Gasteiger partial charge on any atom is -0.490 e. The Kier molecular flexibility index (Phi) is 5.35. The number of benzene rings is 2. The van der Waals surface area contributed by atoms with Crippen LogP contribution in [0.3, 0.4) is 0 Å². The molecule has 0 unspecified atom stereocenters. The Bertz CT molecular complexity index is 999. The number of carbonyl (C=O) groups excluding carboxylic acids is 1. The van der Waals surface area contributed by atoms with E-state index in [9.17, 15) is 19.3 Å². The first-order chi connectivity index (χ1) is 13.0. The fourth-order valence-corrected chi connectivity index (χ4v) is 2.82. The van der Waals surface area contributed by atoms with E-state index in [0.717, 1.165) is 16.5 Å². The van der Waals surface area contributed by atoms with Crippen LogP contribution in [0.25, 0.3) is 10.9 Å². The fourth-order valence-electron chi connectivity index (χ4n) is 2.82. The summed E-state index contributed by atoms with van der Waals surface area (Å²) >= 11 is 0. The van der Waals surface area contributed by atoms with E-state index in [4.69, 9.17) is 9.47 Å². The van der Waals surface area contributed by atoms with Crippen molar-refractivity contribution in [1.29, 1.82) is 0 Å². The second-order valence-corrected chi connectivity index (χ2v) is 5.89. The normalized spacial score (nSPS) is 10.7. The van der Waals surface area contributed by atoms with Crippen molar-refractivity contribution < 1.29 is 23.6 Å². The average molecular weight is 372 g/mol. The van der Waals surface area contributed by atoms with Crippen LogP contribution in [-0.2, 0) is 11.2 Å². The summed E-state index contributed by atoms with van der Waals surface area (Å²) in [5.41, 5.74) is 1.74. The number of nitro groups is 1. The number of fused-ring (bicyclic) bond motifs is 1. The van der Waals surface area contributed by atoms with Crippen molar-refractivity contribution in [1.82, 2.24) is 4.98 Å². The van der Waals surface area contributed by atoms with Crippen LogP contribution in [0.15, 0.2) is 42.6 Å². The Morgan fingerprint density at radius 1 is 1.26 bits per heavy atom. The van der Waals surface area contributed by atoms with Crippen molar-refractivity contribution in [3.8, 4) is 5.75 Å². The minimum atomic E-state index is -0.590. The number of methoxy groups -OCH3 is 1. The van der Waals surface area contributed by atoms with Crippen molar-refractivity contribution in [2.24, 2.45) is 0 Å². The number of hydrogen-bond acceptors (Lipinski definition) is 5. The summed E-state index contributed by atoms with van der Waals surface area (Å²) in [6, 6.07) is 8.35. The van der Waals surface area contributed by atoms with Gasteiger partial charge in [-0.2, -0.15) is 0 Å². The van der Waals surface area contributed by atoms with Gasteiger partial charge in [0.2, 0.25) is 0 Å². The highest BCUT2D eigenvalue weighted by Gasteiger charge is 2.18. The molecule has 0 aliphatic rings. The molecule has 1 aromatic heterocycles. The van der Waals surface area contributed by atoms with Crippen molar-refractivity contribution in [2.75, 3.05) is 13.7 Å². The van der Waals surface area contributed by atoms with Gasteiger partial charge in [-0.15, -0.1) is 0 Å². The predicted molar refractivity (Wildman–Crippen MR) is 96.5 cm³/mol. The molecule has 0 spiro atoms. The summed E-state index contributed by atoms with van der Waals surface area (Å²) < 4.78 is 23.5.